The maximum absolute atomic E-state index is 13.4. The molecule has 6 N–H and O–H groups in total. The van der Waals surface area contributed by atoms with Crippen molar-refractivity contribution in [2.24, 2.45) is 23.5 Å². The lowest BCUT2D eigenvalue weighted by molar-refractivity contribution is -0.174. The number of phenolic OH excluding ortho intramolecular Hbond substituents is 1. The van der Waals surface area contributed by atoms with Crippen LogP contribution >= 0.6 is 0 Å². The molecule has 0 heterocycles. The third-order valence-electron chi connectivity index (χ3n) is 7.08. The number of phenols is 1. The minimum atomic E-state index is -2.59. The van der Waals surface area contributed by atoms with Gasteiger partial charge in [-0.3, -0.25) is 14.4 Å². The van der Waals surface area contributed by atoms with Gasteiger partial charge in [-0.1, -0.05) is 11.8 Å². The largest absolute Gasteiger partial charge is 0.507 e. The van der Waals surface area contributed by atoms with Gasteiger partial charge < -0.3 is 26.2 Å². The van der Waals surface area contributed by atoms with Crippen LogP contribution in [0.4, 0.5) is 0 Å². The topological polar surface area (TPSA) is 182 Å². The number of aromatic hydroxyl groups is 1. The predicted molar refractivity (Wildman–Crippen MR) is 118 cm³/mol. The van der Waals surface area contributed by atoms with E-state index in [-0.39, 0.29) is 36.1 Å². The number of primary amides is 1. The molecule has 9 heteroatoms. The molecule has 0 aliphatic heterocycles. The number of nitriles is 1. The molecule has 3 aliphatic rings. The second-order valence-electron chi connectivity index (χ2n) is 9.04. The summed E-state index contributed by atoms with van der Waals surface area (Å²) in [6, 6.07) is 4.99. The Kier molecular flexibility index (Phi) is 5.94. The molecule has 1 amide bonds. The Morgan fingerprint density at radius 1 is 1.21 bits per heavy atom. The predicted octanol–water partition coefficient (Wildman–Crippen LogP) is 0.634. The fourth-order valence-electron chi connectivity index (χ4n) is 5.46. The average Bonchev–Trinajstić information content (AvgIpc) is 2.77. The van der Waals surface area contributed by atoms with Crippen molar-refractivity contribution in [2.75, 3.05) is 0 Å². The van der Waals surface area contributed by atoms with Crippen molar-refractivity contribution in [3.63, 3.8) is 0 Å². The number of aliphatic hydroxyl groups is 3. The van der Waals surface area contributed by atoms with E-state index in [4.69, 9.17) is 11.0 Å². The summed E-state index contributed by atoms with van der Waals surface area (Å²) in [4.78, 5) is 38.1. The molecule has 0 spiro atoms. The standard InChI is InChI=1S/C25H24N2O7/c26-8-4-2-1-3-5-12-6-7-16(28)19-15(12)10-13-9-14-11-17(29)20(24(27)33)23(32)25(14,34)22(31)18(13)21(19)30/h6-7,13-14,17,20,28-30,34H,1-2,4,9-11H2,(H2,27,33)/t13-,14+,17?,20?,25+/m1/s1. The zero-order chi connectivity index (χ0) is 24.8. The zero-order valence-corrected chi connectivity index (χ0v) is 18.2. The Hall–Kier alpha value is -3.66. The SMILES string of the molecule is N#CCCCC#Cc1ccc(O)c2c1C[C@H]1C[C@H]3CC(O)C(C(N)=O)C(=O)[C@@]3(O)C(=O)C1=C2O. The third kappa shape index (κ3) is 3.45. The van der Waals surface area contributed by atoms with Gasteiger partial charge in [-0.15, -0.1) is 0 Å². The summed E-state index contributed by atoms with van der Waals surface area (Å²) >= 11 is 0. The highest BCUT2D eigenvalue weighted by Crippen LogP contribution is 2.51. The Morgan fingerprint density at radius 3 is 2.62 bits per heavy atom. The molecular formula is C25H24N2O7. The van der Waals surface area contributed by atoms with Crippen LogP contribution in [0.25, 0.3) is 5.76 Å². The number of unbranched alkanes of at least 4 members (excludes halogenated alkanes) is 2. The van der Waals surface area contributed by atoms with E-state index in [1.54, 1.807) is 6.07 Å². The number of carbonyl (C=O) groups excluding carboxylic acids is 3. The molecule has 2 unspecified atom stereocenters. The van der Waals surface area contributed by atoms with Gasteiger partial charge in [0.2, 0.25) is 11.7 Å². The average molecular weight is 464 g/mol. The Balaban J connectivity index is 1.78. The fourth-order valence-corrected chi connectivity index (χ4v) is 5.46. The zero-order valence-electron chi connectivity index (χ0n) is 18.2. The van der Waals surface area contributed by atoms with Crippen molar-refractivity contribution in [3.8, 4) is 23.7 Å². The molecule has 5 atom stereocenters. The minimum absolute atomic E-state index is 0.0141. The number of amides is 1. The summed E-state index contributed by atoms with van der Waals surface area (Å²) in [6.07, 6.45) is 0.202. The van der Waals surface area contributed by atoms with E-state index in [2.05, 4.69) is 11.8 Å². The number of fused-ring (bicyclic) bond motifs is 3. The number of rotatable bonds is 3. The molecule has 2 saturated carbocycles. The number of hydrogen-bond acceptors (Lipinski definition) is 8. The Labute approximate surface area is 195 Å². The van der Waals surface area contributed by atoms with Crippen LogP contribution in [-0.2, 0) is 20.8 Å². The second kappa shape index (κ2) is 8.60. The van der Waals surface area contributed by atoms with E-state index in [0.717, 1.165) is 0 Å². The number of hydrogen-bond donors (Lipinski definition) is 5. The van der Waals surface area contributed by atoms with Crippen LogP contribution in [0.1, 0.15) is 48.8 Å². The lowest BCUT2D eigenvalue weighted by Gasteiger charge is -2.48. The fraction of sp³-hybridized carbons (Fsp3) is 0.440. The highest BCUT2D eigenvalue weighted by Gasteiger charge is 2.63. The number of nitrogens with zero attached hydrogens (tertiary/aromatic N) is 1. The van der Waals surface area contributed by atoms with Crippen molar-refractivity contribution in [1.29, 1.82) is 5.26 Å². The highest BCUT2D eigenvalue weighted by molar-refractivity contribution is 6.24. The summed E-state index contributed by atoms with van der Waals surface area (Å²) in [7, 11) is 0. The van der Waals surface area contributed by atoms with Gasteiger partial charge in [0.1, 0.15) is 17.4 Å². The number of ketones is 2. The van der Waals surface area contributed by atoms with Gasteiger partial charge >= 0.3 is 0 Å². The first-order valence-electron chi connectivity index (χ1n) is 11.1. The number of aliphatic hydroxyl groups excluding tert-OH is 2. The number of benzene rings is 1. The van der Waals surface area contributed by atoms with E-state index in [0.29, 0.717) is 30.4 Å². The van der Waals surface area contributed by atoms with Crippen molar-refractivity contribution < 1.29 is 34.8 Å². The highest BCUT2D eigenvalue weighted by atomic mass is 16.3. The molecule has 1 aromatic rings. The van der Waals surface area contributed by atoms with Crippen LogP contribution < -0.4 is 5.73 Å². The van der Waals surface area contributed by atoms with E-state index in [1.807, 2.05) is 6.07 Å². The van der Waals surface area contributed by atoms with Crippen LogP contribution in [-0.4, -0.2) is 49.6 Å². The second-order valence-corrected chi connectivity index (χ2v) is 9.04. The summed E-state index contributed by atoms with van der Waals surface area (Å²) in [5.74, 6) is -1.46. The van der Waals surface area contributed by atoms with E-state index >= 15 is 0 Å². The first-order valence-corrected chi connectivity index (χ1v) is 11.1. The van der Waals surface area contributed by atoms with Crippen molar-refractivity contribution in [2.45, 2.75) is 50.2 Å². The van der Waals surface area contributed by atoms with Crippen LogP contribution in [0.15, 0.2) is 17.7 Å². The molecule has 0 aromatic heterocycles. The minimum Gasteiger partial charge on any atom is -0.507 e. The summed E-state index contributed by atoms with van der Waals surface area (Å²) in [5, 5.41) is 51.7. The van der Waals surface area contributed by atoms with Gasteiger partial charge in [-0.25, -0.2) is 0 Å². The van der Waals surface area contributed by atoms with Crippen molar-refractivity contribution >= 4 is 23.2 Å². The van der Waals surface area contributed by atoms with Gasteiger partial charge in [0, 0.05) is 29.9 Å². The maximum atomic E-state index is 13.4. The van der Waals surface area contributed by atoms with Crippen LogP contribution in [0, 0.1) is 40.9 Å². The first kappa shape index (κ1) is 23.5. The van der Waals surface area contributed by atoms with Gasteiger partial charge in [0.15, 0.2) is 11.4 Å². The van der Waals surface area contributed by atoms with E-state index in [1.165, 1.54) is 6.07 Å². The lowest BCUT2D eigenvalue weighted by atomic mass is 9.56. The van der Waals surface area contributed by atoms with Crippen molar-refractivity contribution in [3.05, 3.63) is 34.4 Å². The van der Waals surface area contributed by atoms with Gasteiger partial charge in [0.05, 0.1) is 17.7 Å². The molecule has 34 heavy (non-hydrogen) atoms. The summed E-state index contributed by atoms with van der Waals surface area (Å²) in [5.41, 5.74) is 3.56. The summed E-state index contributed by atoms with van der Waals surface area (Å²) < 4.78 is 0. The quantitative estimate of drug-likeness (QED) is 0.245. The maximum Gasteiger partial charge on any atom is 0.230 e. The molecule has 9 nitrogen and oxygen atoms in total. The molecular weight excluding hydrogens is 440 g/mol. The molecule has 3 aliphatic carbocycles. The normalized spacial score (nSPS) is 29.8. The molecule has 176 valence electrons. The van der Waals surface area contributed by atoms with Crippen molar-refractivity contribution in [1.82, 2.24) is 0 Å². The van der Waals surface area contributed by atoms with Gasteiger partial charge in [-0.2, -0.15) is 5.26 Å². The Bertz CT molecular complexity index is 1230. The number of Topliss-reactive ketones (excluding diaryl/α,β-unsaturated/α-hetero) is 2. The molecule has 0 bridgehead atoms. The third-order valence-corrected chi connectivity index (χ3v) is 7.08. The molecule has 1 aromatic carbocycles. The molecule has 0 radical (unpaired) electrons. The molecule has 2 fully saturated rings. The Morgan fingerprint density at radius 2 is 1.94 bits per heavy atom. The van der Waals surface area contributed by atoms with E-state index < -0.39 is 52.7 Å². The number of nitrogens with two attached hydrogens (primary N) is 1. The van der Waals surface area contributed by atoms with Crippen LogP contribution in [0.2, 0.25) is 0 Å². The summed E-state index contributed by atoms with van der Waals surface area (Å²) in [6.45, 7) is 0. The first-order chi connectivity index (χ1) is 16.1. The van der Waals surface area contributed by atoms with Crippen LogP contribution in [0.5, 0.6) is 5.75 Å². The monoisotopic (exact) mass is 464 g/mol. The molecule has 0 saturated heterocycles. The number of carbonyl (C=O) groups is 3. The smallest absolute Gasteiger partial charge is 0.230 e. The van der Waals surface area contributed by atoms with E-state index in [9.17, 15) is 34.8 Å². The lowest BCUT2D eigenvalue weighted by Crippen LogP contribution is -2.66. The van der Waals surface area contributed by atoms with Crippen LogP contribution in [0.3, 0.4) is 0 Å². The van der Waals surface area contributed by atoms with Gasteiger partial charge in [0.25, 0.3) is 0 Å². The van der Waals surface area contributed by atoms with Gasteiger partial charge in [-0.05, 0) is 49.3 Å². The molecule has 4 rings (SSSR count).